The highest BCUT2D eigenvalue weighted by atomic mass is 32.1. The predicted molar refractivity (Wildman–Crippen MR) is 89.6 cm³/mol. The van der Waals surface area contributed by atoms with E-state index in [1.807, 2.05) is 17.5 Å². The minimum absolute atomic E-state index is 0.0343. The summed E-state index contributed by atoms with van der Waals surface area (Å²) in [6.07, 6.45) is 6.44. The second kappa shape index (κ2) is 7.66. The molecule has 2 atom stereocenters. The van der Waals surface area contributed by atoms with E-state index in [1.165, 1.54) is 5.56 Å². The van der Waals surface area contributed by atoms with Crippen LogP contribution >= 0.6 is 11.3 Å². The Bertz CT molecular complexity index is 644. The Labute approximate surface area is 140 Å². The Morgan fingerprint density at radius 2 is 2.22 bits per heavy atom. The molecule has 0 radical (unpaired) electrons. The molecular weight excluding hydrogens is 310 g/mol. The van der Waals surface area contributed by atoms with Crippen LogP contribution in [0.1, 0.15) is 34.4 Å². The summed E-state index contributed by atoms with van der Waals surface area (Å²) >= 11 is 1.55. The van der Waals surface area contributed by atoms with Gasteiger partial charge in [-0.2, -0.15) is 0 Å². The number of nitrogens with zero attached hydrogens (tertiary/aromatic N) is 2. The monoisotopic (exact) mass is 331 g/mol. The van der Waals surface area contributed by atoms with Crippen LogP contribution in [0.5, 0.6) is 0 Å². The minimum atomic E-state index is -0.0983. The summed E-state index contributed by atoms with van der Waals surface area (Å²) in [4.78, 5) is 20.8. The van der Waals surface area contributed by atoms with Crippen molar-refractivity contribution in [2.24, 2.45) is 5.92 Å². The summed E-state index contributed by atoms with van der Waals surface area (Å²) in [6.45, 7) is 3.35. The molecule has 0 aromatic carbocycles. The lowest BCUT2D eigenvalue weighted by atomic mass is 9.95. The van der Waals surface area contributed by atoms with Crippen LogP contribution in [0.15, 0.2) is 29.9 Å². The SMILES string of the molecule is CCCc1nc(C(=O)N[C@H]2COC[C@H]2Cc2ccncc2)cs1. The number of carbonyl (C=O) groups is 1. The largest absolute Gasteiger partial charge is 0.379 e. The van der Waals surface area contributed by atoms with E-state index in [0.717, 1.165) is 24.3 Å². The molecule has 1 aliphatic rings. The van der Waals surface area contributed by atoms with E-state index in [1.54, 1.807) is 23.7 Å². The Hall–Kier alpha value is -1.79. The van der Waals surface area contributed by atoms with Crippen molar-refractivity contribution < 1.29 is 9.53 Å². The van der Waals surface area contributed by atoms with E-state index in [4.69, 9.17) is 4.74 Å². The van der Waals surface area contributed by atoms with Gasteiger partial charge >= 0.3 is 0 Å². The van der Waals surface area contributed by atoms with Crippen LogP contribution in [0.4, 0.5) is 0 Å². The number of hydrogen-bond donors (Lipinski definition) is 1. The quantitative estimate of drug-likeness (QED) is 0.883. The number of carbonyl (C=O) groups excluding carboxylic acids is 1. The minimum Gasteiger partial charge on any atom is -0.379 e. The third kappa shape index (κ3) is 4.14. The number of amides is 1. The molecule has 2 aromatic heterocycles. The highest BCUT2D eigenvalue weighted by molar-refractivity contribution is 7.09. The Morgan fingerprint density at radius 1 is 1.39 bits per heavy atom. The van der Waals surface area contributed by atoms with Gasteiger partial charge in [0, 0.05) is 23.7 Å². The van der Waals surface area contributed by atoms with Crippen molar-refractivity contribution in [2.45, 2.75) is 32.2 Å². The fourth-order valence-corrected chi connectivity index (χ4v) is 3.65. The number of thiazole rings is 1. The normalized spacial score (nSPS) is 20.6. The van der Waals surface area contributed by atoms with Crippen LogP contribution in [-0.2, 0) is 17.6 Å². The zero-order valence-electron chi connectivity index (χ0n) is 13.2. The van der Waals surface area contributed by atoms with Crippen molar-refractivity contribution in [1.82, 2.24) is 15.3 Å². The molecule has 1 fully saturated rings. The van der Waals surface area contributed by atoms with Gasteiger partial charge in [-0.3, -0.25) is 9.78 Å². The highest BCUT2D eigenvalue weighted by Gasteiger charge is 2.30. The summed E-state index contributed by atoms with van der Waals surface area (Å²) in [5.74, 6) is 0.189. The summed E-state index contributed by atoms with van der Waals surface area (Å²) in [6, 6.07) is 4.05. The van der Waals surface area contributed by atoms with E-state index in [-0.39, 0.29) is 17.9 Å². The predicted octanol–water partition coefficient (Wildman–Crippen LogP) is 2.48. The van der Waals surface area contributed by atoms with Crippen molar-refractivity contribution >= 4 is 17.2 Å². The topological polar surface area (TPSA) is 64.1 Å². The number of aryl methyl sites for hydroxylation is 1. The van der Waals surface area contributed by atoms with Gasteiger partial charge < -0.3 is 10.1 Å². The van der Waals surface area contributed by atoms with Gasteiger partial charge in [0.2, 0.25) is 0 Å². The molecular formula is C17H21N3O2S. The molecule has 6 heteroatoms. The molecule has 3 heterocycles. The standard InChI is InChI=1S/C17H21N3O2S/c1-2-3-16-19-15(11-23-16)17(21)20-14-10-22-9-13(14)8-12-4-6-18-7-5-12/h4-7,11,13-14H,2-3,8-10H2,1H3,(H,20,21)/t13-,14+/m1/s1. The first-order valence-electron chi connectivity index (χ1n) is 7.98. The fraction of sp³-hybridized carbons (Fsp3) is 0.471. The molecule has 1 N–H and O–H groups in total. The fourth-order valence-electron chi connectivity index (χ4n) is 2.77. The van der Waals surface area contributed by atoms with Crippen molar-refractivity contribution in [3.63, 3.8) is 0 Å². The number of pyridine rings is 1. The Kier molecular flexibility index (Phi) is 5.35. The molecule has 0 unspecified atom stereocenters. The molecule has 5 nitrogen and oxygen atoms in total. The molecule has 0 bridgehead atoms. The highest BCUT2D eigenvalue weighted by Crippen LogP contribution is 2.20. The van der Waals surface area contributed by atoms with Gasteiger partial charge in [-0.25, -0.2) is 4.98 Å². The van der Waals surface area contributed by atoms with Crippen molar-refractivity contribution in [3.05, 3.63) is 46.2 Å². The molecule has 23 heavy (non-hydrogen) atoms. The van der Waals surface area contributed by atoms with E-state index < -0.39 is 0 Å². The maximum absolute atomic E-state index is 12.4. The van der Waals surface area contributed by atoms with Gasteiger partial charge in [0.15, 0.2) is 0 Å². The number of nitrogens with one attached hydrogen (secondary N) is 1. The number of rotatable bonds is 6. The van der Waals surface area contributed by atoms with Crippen molar-refractivity contribution in [1.29, 1.82) is 0 Å². The van der Waals surface area contributed by atoms with E-state index >= 15 is 0 Å². The molecule has 1 saturated heterocycles. The number of aromatic nitrogens is 2. The molecule has 0 saturated carbocycles. The second-order valence-corrected chi connectivity index (χ2v) is 6.76. The molecule has 122 valence electrons. The first kappa shape index (κ1) is 16.1. The van der Waals surface area contributed by atoms with Crippen molar-refractivity contribution in [3.8, 4) is 0 Å². The molecule has 2 aromatic rings. The maximum Gasteiger partial charge on any atom is 0.271 e. The second-order valence-electron chi connectivity index (χ2n) is 5.81. The van der Waals surface area contributed by atoms with Crippen LogP contribution < -0.4 is 5.32 Å². The van der Waals surface area contributed by atoms with Crippen LogP contribution in [0.25, 0.3) is 0 Å². The van der Waals surface area contributed by atoms with Crippen LogP contribution in [0.2, 0.25) is 0 Å². The third-order valence-electron chi connectivity index (χ3n) is 4.01. The van der Waals surface area contributed by atoms with E-state index in [0.29, 0.717) is 18.9 Å². The third-order valence-corrected chi connectivity index (χ3v) is 4.92. The number of ether oxygens (including phenoxy) is 1. The number of hydrogen-bond acceptors (Lipinski definition) is 5. The summed E-state index contributed by atoms with van der Waals surface area (Å²) in [5.41, 5.74) is 1.74. The Balaban J connectivity index is 1.60. The summed E-state index contributed by atoms with van der Waals surface area (Å²) < 4.78 is 5.57. The van der Waals surface area contributed by atoms with Gasteiger partial charge in [0.05, 0.1) is 24.3 Å². The van der Waals surface area contributed by atoms with Gasteiger partial charge in [-0.1, -0.05) is 6.92 Å². The van der Waals surface area contributed by atoms with Gasteiger partial charge in [-0.15, -0.1) is 11.3 Å². The zero-order valence-corrected chi connectivity index (χ0v) is 14.0. The van der Waals surface area contributed by atoms with E-state index in [9.17, 15) is 4.79 Å². The molecule has 1 amide bonds. The first-order valence-corrected chi connectivity index (χ1v) is 8.86. The van der Waals surface area contributed by atoms with Gasteiger partial charge in [0.25, 0.3) is 5.91 Å². The average Bonchev–Trinajstić information content (AvgIpc) is 3.19. The van der Waals surface area contributed by atoms with Crippen LogP contribution in [0.3, 0.4) is 0 Å². The van der Waals surface area contributed by atoms with Gasteiger partial charge in [0.1, 0.15) is 5.69 Å². The molecule has 0 spiro atoms. The van der Waals surface area contributed by atoms with E-state index in [2.05, 4.69) is 22.2 Å². The molecule has 1 aliphatic heterocycles. The molecule has 3 rings (SSSR count). The molecule has 0 aliphatic carbocycles. The Morgan fingerprint density at radius 3 is 3.00 bits per heavy atom. The lowest BCUT2D eigenvalue weighted by Crippen LogP contribution is -2.40. The summed E-state index contributed by atoms with van der Waals surface area (Å²) in [5, 5.41) is 5.95. The zero-order chi connectivity index (χ0) is 16.1. The van der Waals surface area contributed by atoms with Crippen LogP contribution in [-0.4, -0.2) is 35.1 Å². The average molecular weight is 331 g/mol. The maximum atomic E-state index is 12.4. The van der Waals surface area contributed by atoms with Gasteiger partial charge in [-0.05, 0) is 37.0 Å². The lowest BCUT2D eigenvalue weighted by Gasteiger charge is -2.18. The van der Waals surface area contributed by atoms with Crippen molar-refractivity contribution in [2.75, 3.05) is 13.2 Å². The first-order chi connectivity index (χ1) is 11.3. The smallest absolute Gasteiger partial charge is 0.271 e. The van der Waals surface area contributed by atoms with Crippen LogP contribution in [0, 0.1) is 5.92 Å². The lowest BCUT2D eigenvalue weighted by molar-refractivity contribution is 0.0920. The summed E-state index contributed by atoms with van der Waals surface area (Å²) in [7, 11) is 0.